The minimum atomic E-state index is -3.19. The van der Waals surface area contributed by atoms with Gasteiger partial charge >= 0.3 is 0 Å². The molecule has 0 aromatic heterocycles. The van der Waals surface area contributed by atoms with E-state index in [1.54, 1.807) is 0 Å². The van der Waals surface area contributed by atoms with Gasteiger partial charge in [0.1, 0.15) is 0 Å². The lowest BCUT2D eigenvalue weighted by Gasteiger charge is -2.31. The molecule has 23 heavy (non-hydrogen) atoms. The predicted molar refractivity (Wildman–Crippen MR) is 94.7 cm³/mol. The summed E-state index contributed by atoms with van der Waals surface area (Å²) in [5.74, 6) is 0.536. The number of nitrogens with one attached hydrogen (secondary N) is 1. The van der Waals surface area contributed by atoms with E-state index >= 15 is 0 Å². The molecule has 5 nitrogen and oxygen atoms in total. The number of nitrogens with zero attached hydrogens (tertiary/aromatic N) is 1. The lowest BCUT2D eigenvalue weighted by atomic mass is 9.96. The molecule has 1 fully saturated rings. The molecule has 2 unspecified atom stereocenters. The van der Waals surface area contributed by atoms with E-state index in [2.05, 4.69) is 19.2 Å². The number of unbranched alkanes of at least 4 members (excludes halogenated alkanes) is 1. The van der Waals surface area contributed by atoms with Crippen molar-refractivity contribution in [3.8, 4) is 0 Å². The SMILES string of the molecule is CCCCC(CC)CNC(=O)C1CCCN(S(=O)(=O)CCC)C1. The van der Waals surface area contributed by atoms with Crippen molar-refractivity contribution < 1.29 is 13.2 Å². The van der Waals surface area contributed by atoms with E-state index in [0.29, 0.717) is 32.0 Å². The molecule has 0 radical (unpaired) electrons. The first-order valence-electron chi connectivity index (χ1n) is 9.20. The van der Waals surface area contributed by atoms with Crippen molar-refractivity contribution in [2.75, 3.05) is 25.4 Å². The molecule has 136 valence electrons. The van der Waals surface area contributed by atoms with Gasteiger partial charge in [-0.1, -0.05) is 40.0 Å². The molecule has 1 aliphatic heterocycles. The normalized spacial score (nSPS) is 21.1. The molecule has 0 saturated carbocycles. The molecule has 1 rings (SSSR count). The Bertz CT molecular complexity index is 451. The van der Waals surface area contributed by atoms with Gasteiger partial charge in [0.15, 0.2) is 0 Å². The first-order chi connectivity index (χ1) is 10.9. The van der Waals surface area contributed by atoms with Crippen LogP contribution in [0.15, 0.2) is 0 Å². The van der Waals surface area contributed by atoms with Crippen molar-refractivity contribution in [1.29, 1.82) is 0 Å². The number of carbonyl (C=O) groups excluding carboxylic acids is 1. The van der Waals surface area contributed by atoms with E-state index in [-0.39, 0.29) is 17.6 Å². The molecule has 1 N–H and O–H groups in total. The van der Waals surface area contributed by atoms with Crippen LogP contribution in [-0.4, -0.2) is 44.0 Å². The molecule has 0 bridgehead atoms. The van der Waals surface area contributed by atoms with Gasteiger partial charge in [-0.2, -0.15) is 0 Å². The largest absolute Gasteiger partial charge is 0.356 e. The van der Waals surface area contributed by atoms with Gasteiger partial charge in [0.05, 0.1) is 11.7 Å². The van der Waals surface area contributed by atoms with Gasteiger partial charge in [0.2, 0.25) is 15.9 Å². The highest BCUT2D eigenvalue weighted by Crippen LogP contribution is 2.20. The predicted octanol–water partition coefficient (Wildman–Crippen LogP) is 2.77. The molecule has 0 aromatic rings. The number of hydrogen-bond donors (Lipinski definition) is 1. The fraction of sp³-hybridized carbons (Fsp3) is 0.941. The summed E-state index contributed by atoms with van der Waals surface area (Å²) in [6, 6.07) is 0. The van der Waals surface area contributed by atoms with E-state index in [1.165, 1.54) is 17.1 Å². The second-order valence-electron chi connectivity index (χ2n) is 6.67. The van der Waals surface area contributed by atoms with Gasteiger partial charge in [0, 0.05) is 19.6 Å². The molecule has 1 saturated heterocycles. The number of rotatable bonds is 10. The van der Waals surface area contributed by atoms with Crippen LogP contribution in [0.3, 0.4) is 0 Å². The van der Waals surface area contributed by atoms with Crippen LogP contribution in [0, 0.1) is 11.8 Å². The fourth-order valence-corrected chi connectivity index (χ4v) is 4.72. The third kappa shape index (κ3) is 6.79. The molecular weight excluding hydrogens is 312 g/mol. The third-order valence-electron chi connectivity index (χ3n) is 4.72. The summed E-state index contributed by atoms with van der Waals surface area (Å²) >= 11 is 0. The zero-order valence-electron chi connectivity index (χ0n) is 15.0. The summed E-state index contributed by atoms with van der Waals surface area (Å²) in [5.41, 5.74) is 0. The number of carbonyl (C=O) groups is 1. The Labute approximate surface area is 142 Å². The summed E-state index contributed by atoms with van der Waals surface area (Å²) in [5, 5.41) is 3.06. The topological polar surface area (TPSA) is 66.5 Å². The quantitative estimate of drug-likeness (QED) is 0.661. The molecule has 1 aliphatic rings. The highest BCUT2D eigenvalue weighted by Gasteiger charge is 2.31. The average molecular weight is 347 g/mol. The Morgan fingerprint density at radius 1 is 1.26 bits per heavy atom. The van der Waals surface area contributed by atoms with E-state index in [1.807, 2.05) is 6.92 Å². The summed E-state index contributed by atoms with van der Waals surface area (Å²) in [6.45, 7) is 7.82. The van der Waals surface area contributed by atoms with Crippen LogP contribution < -0.4 is 5.32 Å². The van der Waals surface area contributed by atoms with Crippen molar-refractivity contribution >= 4 is 15.9 Å². The van der Waals surface area contributed by atoms with Crippen LogP contribution in [0.4, 0.5) is 0 Å². The fourth-order valence-electron chi connectivity index (χ4n) is 3.13. The zero-order chi connectivity index (χ0) is 17.3. The molecule has 0 aromatic carbocycles. The number of sulfonamides is 1. The summed E-state index contributed by atoms with van der Waals surface area (Å²) in [6.07, 6.45) is 6.77. The highest BCUT2D eigenvalue weighted by atomic mass is 32.2. The second-order valence-corrected chi connectivity index (χ2v) is 8.76. The van der Waals surface area contributed by atoms with Gasteiger partial charge in [0.25, 0.3) is 0 Å². The second kappa shape index (κ2) is 10.3. The van der Waals surface area contributed by atoms with E-state index in [0.717, 1.165) is 25.7 Å². The van der Waals surface area contributed by atoms with Crippen molar-refractivity contribution in [3.05, 3.63) is 0 Å². The number of amides is 1. The number of piperidine rings is 1. The van der Waals surface area contributed by atoms with Crippen LogP contribution in [-0.2, 0) is 14.8 Å². The molecule has 0 spiro atoms. The summed E-state index contributed by atoms with van der Waals surface area (Å²) < 4.78 is 25.9. The Morgan fingerprint density at radius 2 is 2.00 bits per heavy atom. The van der Waals surface area contributed by atoms with Crippen molar-refractivity contribution in [2.45, 2.75) is 65.7 Å². The van der Waals surface area contributed by atoms with Crippen LogP contribution in [0.5, 0.6) is 0 Å². The third-order valence-corrected chi connectivity index (χ3v) is 6.76. The van der Waals surface area contributed by atoms with E-state index in [4.69, 9.17) is 0 Å². The molecule has 0 aliphatic carbocycles. The van der Waals surface area contributed by atoms with Crippen molar-refractivity contribution in [2.24, 2.45) is 11.8 Å². The minimum absolute atomic E-state index is 0.0244. The first-order valence-corrected chi connectivity index (χ1v) is 10.8. The van der Waals surface area contributed by atoms with E-state index < -0.39 is 10.0 Å². The molecule has 6 heteroatoms. The maximum absolute atomic E-state index is 12.4. The maximum Gasteiger partial charge on any atom is 0.224 e. The molecule has 2 atom stereocenters. The maximum atomic E-state index is 12.4. The first kappa shape index (κ1) is 20.4. The Morgan fingerprint density at radius 3 is 2.61 bits per heavy atom. The lowest BCUT2D eigenvalue weighted by Crippen LogP contribution is -2.46. The standard InChI is InChI=1S/C17H34N2O3S/c1-4-7-9-15(6-3)13-18-17(20)16-10-8-11-19(14-16)23(21,22)12-5-2/h15-16H,4-14H2,1-3H3,(H,18,20). The van der Waals surface area contributed by atoms with Gasteiger partial charge in [-0.05, 0) is 31.6 Å². The summed E-state index contributed by atoms with van der Waals surface area (Å²) in [7, 11) is -3.19. The van der Waals surface area contributed by atoms with Gasteiger partial charge in [-0.3, -0.25) is 4.79 Å². The van der Waals surface area contributed by atoms with Gasteiger partial charge < -0.3 is 5.32 Å². The average Bonchev–Trinajstić information content (AvgIpc) is 2.55. The lowest BCUT2D eigenvalue weighted by molar-refractivity contribution is -0.126. The molecule has 1 heterocycles. The van der Waals surface area contributed by atoms with Gasteiger partial charge in [-0.15, -0.1) is 0 Å². The Balaban J connectivity index is 2.49. The Hall–Kier alpha value is -0.620. The zero-order valence-corrected chi connectivity index (χ0v) is 15.8. The number of hydrogen-bond acceptors (Lipinski definition) is 3. The van der Waals surface area contributed by atoms with Crippen LogP contribution >= 0.6 is 0 Å². The van der Waals surface area contributed by atoms with Crippen LogP contribution in [0.2, 0.25) is 0 Å². The minimum Gasteiger partial charge on any atom is -0.356 e. The van der Waals surface area contributed by atoms with Crippen LogP contribution in [0.25, 0.3) is 0 Å². The van der Waals surface area contributed by atoms with Crippen molar-refractivity contribution in [3.63, 3.8) is 0 Å². The highest BCUT2D eigenvalue weighted by molar-refractivity contribution is 7.89. The molecular formula is C17H34N2O3S. The monoisotopic (exact) mass is 346 g/mol. The Kier molecular flexibility index (Phi) is 9.14. The van der Waals surface area contributed by atoms with Crippen molar-refractivity contribution in [1.82, 2.24) is 9.62 Å². The molecule has 1 amide bonds. The van der Waals surface area contributed by atoms with Gasteiger partial charge in [-0.25, -0.2) is 12.7 Å². The smallest absolute Gasteiger partial charge is 0.224 e. The summed E-state index contributed by atoms with van der Waals surface area (Å²) in [4.78, 5) is 12.4. The van der Waals surface area contributed by atoms with E-state index in [9.17, 15) is 13.2 Å². The van der Waals surface area contributed by atoms with Crippen LogP contribution in [0.1, 0.15) is 65.7 Å².